The Kier molecular flexibility index (Phi) is 10.0. The number of benzene rings is 1. The first-order valence-corrected chi connectivity index (χ1v) is 16.0. The van der Waals surface area contributed by atoms with Crippen LogP contribution in [0.3, 0.4) is 0 Å². The van der Waals surface area contributed by atoms with E-state index in [0.717, 1.165) is 16.7 Å². The molecule has 3 atom stereocenters. The van der Waals surface area contributed by atoms with Crippen LogP contribution in [0.5, 0.6) is 5.88 Å². The fourth-order valence-corrected chi connectivity index (χ4v) is 5.86. The number of aromatic nitrogens is 4. The third kappa shape index (κ3) is 8.48. The van der Waals surface area contributed by atoms with Crippen LogP contribution in [0.15, 0.2) is 41.6 Å². The van der Waals surface area contributed by atoms with Crippen molar-refractivity contribution in [2.45, 2.75) is 76.7 Å². The molecule has 2 N–H and O–H groups in total. The van der Waals surface area contributed by atoms with Crippen LogP contribution in [0.25, 0.3) is 11.3 Å². The standard InChI is InChI=1S/C30H41N7O7S/c1-18-10-9-11-19(2)25(18)23-14-24(33-28(32-23)35-45(40,41)22-15-31-36(7)17-22)43-21-12-13-37(16-21)27(38)26(20(3)42-8)34-29(39)44-30(4,5)6/h9-11,14-15,17,20-21,26H,12-13,16H2,1-8H3,(H,34,39)(H,32,33,35)/t20-,21?,26+/m1/s1. The zero-order valence-electron chi connectivity index (χ0n) is 26.8. The smallest absolute Gasteiger partial charge is 0.408 e. The molecule has 1 aliphatic heterocycles. The number of nitrogens with one attached hydrogen (secondary N) is 2. The van der Waals surface area contributed by atoms with Crippen molar-refractivity contribution in [2.75, 3.05) is 24.9 Å². The van der Waals surface area contributed by atoms with Crippen molar-refractivity contribution in [1.82, 2.24) is 30.0 Å². The summed E-state index contributed by atoms with van der Waals surface area (Å²) in [5, 5.41) is 6.58. The van der Waals surface area contributed by atoms with Gasteiger partial charge < -0.3 is 24.4 Å². The Balaban J connectivity index is 1.57. The molecule has 244 valence electrons. The van der Waals surface area contributed by atoms with Crippen molar-refractivity contribution in [3.05, 3.63) is 47.8 Å². The number of aryl methyl sites for hydroxylation is 3. The molecular formula is C30H41N7O7S. The van der Waals surface area contributed by atoms with Crippen LogP contribution in [0.1, 0.15) is 45.2 Å². The fourth-order valence-electron chi connectivity index (χ4n) is 4.94. The lowest BCUT2D eigenvalue weighted by Crippen LogP contribution is -2.54. The molecule has 15 heteroatoms. The van der Waals surface area contributed by atoms with Crippen LogP contribution in [0, 0.1) is 13.8 Å². The predicted molar refractivity (Wildman–Crippen MR) is 166 cm³/mol. The summed E-state index contributed by atoms with van der Waals surface area (Å²) in [6, 6.07) is 6.48. The Hall–Kier alpha value is -4.24. The molecule has 1 aliphatic rings. The van der Waals surface area contributed by atoms with E-state index in [1.54, 1.807) is 45.7 Å². The van der Waals surface area contributed by atoms with Gasteiger partial charge in [-0.05, 0) is 52.7 Å². The number of likely N-dealkylation sites (tertiary alicyclic amines) is 1. The van der Waals surface area contributed by atoms with Gasteiger partial charge in [-0.15, -0.1) is 0 Å². The number of alkyl carbamates (subject to hydrolysis) is 1. The molecule has 2 amide bonds. The number of carbonyl (C=O) groups excluding carboxylic acids is 2. The summed E-state index contributed by atoms with van der Waals surface area (Å²) in [5.41, 5.74) is 2.43. The average molecular weight is 644 g/mol. The molecule has 2 aromatic heterocycles. The second-order valence-electron chi connectivity index (χ2n) is 12.0. The van der Waals surface area contributed by atoms with Crippen molar-refractivity contribution in [2.24, 2.45) is 7.05 Å². The Bertz CT molecular complexity index is 1630. The van der Waals surface area contributed by atoms with Gasteiger partial charge in [-0.2, -0.15) is 10.1 Å². The molecule has 3 aromatic rings. The van der Waals surface area contributed by atoms with Crippen molar-refractivity contribution in [3.63, 3.8) is 0 Å². The molecule has 14 nitrogen and oxygen atoms in total. The summed E-state index contributed by atoms with van der Waals surface area (Å²) < 4.78 is 47.0. The summed E-state index contributed by atoms with van der Waals surface area (Å²) >= 11 is 0. The lowest BCUT2D eigenvalue weighted by molar-refractivity contribution is -0.136. The Morgan fingerprint density at radius 2 is 1.82 bits per heavy atom. The van der Waals surface area contributed by atoms with Crippen molar-refractivity contribution in [1.29, 1.82) is 0 Å². The molecule has 1 fully saturated rings. The van der Waals surface area contributed by atoms with E-state index in [4.69, 9.17) is 14.2 Å². The molecule has 0 saturated carbocycles. The van der Waals surface area contributed by atoms with Gasteiger partial charge in [0.25, 0.3) is 10.0 Å². The molecular weight excluding hydrogens is 602 g/mol. The highest BCUT2D eigenvalue weighted by Crippen LogP contribution is 2.30. The minimum absolute atomic E-state index is 0.0432. The highest BCUT2D eigenvalue weighted by atomic mass is 32.2. The number of anilines is 1. The van der Waals surface area contributed by atoms with Crippen LogP contribution in [0.2, 0.25) is 0 Å². The molecule has 4 rings (SSSR count). The second-order valence-corrected chi connectivity index (χ2v) is 13.7. The molecule has 1 unspecified atom stereocenters. The maximum Gasteiger partial charge on any atom is 0.408 e. The van der Waals surface area contributed by atoms with E-state index in [1.807, 2.05) is 32.0 Å². The molecule has 0 radical (unpaired) electrons. The topological polar surface area (TPSA) is 167 Å². The number of hydrogen-bond acceptors (Lipinski definition) is 10. The number of rotatable bonds is 10. The number of hydrogen-bond donors (Lipinski definition) is 2. The second kappa shape index (κ2) is 13.4. The third-order valence-corrected chi connectivity index (χ3v) is 8.46. The van der Waals surface area contributed by atoms with E-state index in [1.165, 1.54) is 24.2 Å². The first kappa shape index (κ1) is 33.6. The van der Waals surface area contributed by atoms with E-state index in [9.17, 15) is 18.0 Å². The zero-order chi connectivity index (χ0) is 33.1. The highest BCUT2D eigenvalue weighted by Gasteiger charge is 2.37. The van der Waals surface area contributed by atoms with Gasteiger partial charge in [-0.1, -0.05) is 18.2 Å². The highest BCUT2D eigenvalue weighted by molar-refractivity contribution is 7.92. The summed E-state index contributed by atoms with van der Waals surface area (Å²) in [6.45, 7) is 11.3. The molecule has 0 bridgehead atoms. The van der Waals surface area contributed by atoms with Crippen LogP contribution in [-0.2, 0) is 31.3 Å². The average Bonchev–Trinajstić information content (AvgIpc) is 3.59. The van der Waals surface area contributed by atoms with Gasteiger partial charge >= 0.3 is 6.09 Å². The number of amides is 2. The summed E-state index contributed by atoms with van der Waals surface area (Å²) in [6.07, 6.45) is 1.27. The molecule has 1 saturated heterocycles. The molecule has 45 heavy (non-hydrogen) atoms. The normalized spacial score (nSPS) is 16.6. The number of ether oxygens (including phenoxy) is 3. The minimum atomic E-state index is -4.04. The van der Waals surface area contributed by atoms with Gasteiger partial charge in [-0.3, -0.25) is 9.48 Å². The number of methoxy groups -OCH3 is 1. The molecule has 3 heterocycles. The number of sulfonamides is 1. The fraction of sp³-hybridized carbons (Fsp3) is 0.500. The summed E-state index contributed by atoms with van der Waals surface area (Å²) in [4.78, 5) is 36.4. The van der Waals surface area contributed by atoms with Crippen LogP contribution in [-0.4, -0.2) is 89.1 Å². The Labute approximate surface area is 263 Å². The van der Waals surface area contributed by atoms with E-state index in [0.29, 0.717) is 18.7 Å². The largest absolute Gasteiger partial charge is 0.472 e. The van der Waals surface area contributed by atoms with Crippen molar-refractivity contribution in [3.8, 4) is 17.1 Å². The Morgan fingerprint density at radius 1 is 1.13 bits per heavy atom. The molecule has 1 aromatic carbocycles. The summed E-state index contributed by atoms with van der Waals surface area (Å²) in [7, 11) is -0.966. The lowest BCUT2D eigenvalue weighted by Gasteiger charge is -2.29. The first-order valence-electron chi connectivity index (χ1n) is 14.5. The minimum Gasteiger partial charge on any atom is -0.472 e. The van der Waals surface area contributed by atoms with Gasteiger partial charge in [0.05, 0.1) is 24.5 Å². The third-order valence-electron chi connectivity index (χ3n) is 7.18. The van der Waals surface area contributed by atoms with Gasteiger partial charge in [-0.25, -0.2) is 22.9 Å². The van der Waals surface area contributed by atoms with Crippen LogP contribution in [0.4, 0.5) is 10.7 Å². The van der Waals surface area contributed by atoms with E-state index in [-0.39, 0.29) is 29.2 Å². The van der Waals surface area contributed by atoms with E-state index < -0.39 is 40.0 Å². The predicted octanol–water partition coefficient (Wildman–Crippen LogP) is 3.20. The number of nitrogens with zero attached hydrogens (tertiary/aromatic N) is 5. The summed E-state index contributed by atoms with van der Waals surface area (Å²) in [5.74, 6) is -0.375. The first-order chi connectivity index (χ1) is 21.1. The van der Waals surface area contributed by atoms with Gasteiger partial charge in [0.15, 0.2) is 0 Å². The van der Waals surface area contributed by atoms with Crippen molar-refractivity contribution < 1.29 is 32.2 Å². The van der Waals surface area contributed by atoms with Crippen molar-refractivity contribution >= 4 is 28.0 Å². The van der Waals surface area contributed by atoms with Gasteiger partial charge in [0.1, 0.15) is 22.6 Å². The van der Waals surface area contributed by atoms with Crippen LogP contribution < -0.4 is 14.8 Å². The monoisotopic (exact) mass is 643 g/mol. The van der Waals surface area contributed by atoms with Gasteiger partial charge in [0, 0.05) is 44.9 Å². The maximum atomic E-state index is 13.5. The molecule has 0 spiro atoms. The quantitative estimate of drug-likeness (QED) is 0.335. The SMILES string of the molecule is CO[C@H](C)[C@H](NC(=O)OC(C)(C)C)C(=O)N1CCC(Oc2cc(-c3c(C)cccc3C)nc(NS(=O)(=O)c3cnn(C)c3)n2)C1. The lowest BCUT2D eigenvalue weighted by atomic mass is 10.00. The number of carbonyl (C=O) groups is 2. The molecule has 0 aliphatic carbocycles. The zero-order valence-corrected chi connectivity index (χ0v) is 27.6. The van der Waals surface area contributed by atoms with Crippen LogP contribution >= 0.6 is 0 Å². The Morgan fingerprint density at radius 3 is 2.42 bits per heavy atom. The van der Waals surface area contributed by atoms with E-state index >= 15 is 0 Å². The maximum absolute atomic E-state index is 13.5. The van der Waals surface area contributed by atoms with E-state index in [2.05, 4.69) is 25.1 Å². The van der Waals surface area contributed by atoms with Gasteiger partial charge in [0.2, 0.25) is 17.7 Å².